The predicted octanol–water partition coefficient (Wildman–Crippen LogP) is 9.82. The van der Waals surface area contributed by atoms with Gasteiger partial charge in [-0.2, -0.15) is 5.10 Å². The van der Waals surface area contributed by atoms with Crippen LogP contribution in [0.4, 0.5) is 0 Å². The van der Waals surface area contributed by atoms with Gasteiger partial charge in [0.2, 0.25) is 17.3 Å². The molecular weight excluding hydrogens is 689 g/mol. The normalized spacial score (nSPS) is 14.0. The van der Waals surface area contributed by atoms with Crippen LogP contribution in [0.3, 0.4) is 0 Å². The number of allylic oxidation sites excluding steroid dienone is 1. The number of alkyl halides is 9. The summed E-state index contributed by atoms with van der Waals surface area (Å²) in [7, 11) is 0. The summed E-state index contributed by atoms with van der Waals surface area (Å²) in [5, 5.41) is 7.39. The minimum Gasteiger partial charge on any atom is -0.369 e. The second kappa shape index (κ2) is 12.2. The SMILES string of the molecule is CC(C)(C)c1c(-n2c(/C=C/C=N\N=C(N)N)cc(C(Cl)(Cl)Cl)c2C(C)(C)C)ccc(C(Cl)(Cl)Cl)c1C(Cl)(Cl)Cl. The molecule has 0 unspecified atom stereocenters. The summed E-state index contributed by atoms with van der Waals surface area (Å²) in [5.74, 6) is -0.181. The Hall–Kier alpha value is -0.210. The lowest BCUT2D eigenvalue weighted by Gasteiger charge is -2.35. The fourth-order valence-corrected chi connectivity index (χ4v) is 5.71. The Morgan fingerprint density at radius 3 is 1.69 bits per heavy atom. The van der Waals surface area contributed by atoms with E-state index < -0.39 is 22.2 Å². The zero-order chi connectivity index (χ0) is 30.4. The van der Waals surface area contributed by atoms with Gasteiger partial charge < -0.3 is 16.0 Å². The average molecular weight is 718 g/mol. The quantitative estimate of drug-likeness (QED) is 0.143. The topological polar surface area (TPSA) is 81.7 Å². The van der Waals surface area contributed by atoms with Crippen LogP contribution in [0.25, 0.3) is 11.8 Å². The van der Waals surface area contributed by atoms with E-state index in [2.05, 4.69) is 10.2 Å². The molecule has 1 aromatic carbocycles. The number of nitrogens with two attached hydrogens (primary N) is 2. The first-order chi connectivity index (χ1) is 17.4. The van der Waals surface area contributed by atoms with E-state index in [9.17, 15) is 0 Å². The van der Waals surface area contributed by atoms with E-state index in [1.807, 2.05) is 46.1 Å². The molecule has 39 heavy (non-hydrogen) atoms. The molecule has 216 valence electrons. The molecule has 0 saturated carbocycles. The largest absolute Gasteiger partial charge is 0.369 e. The number of nitrogens with zero attached hydrogens (tertiary/aromatic N) is 3. The summed E-state index contributed by atoms with van der Waals surface area (Å²) >= 11 is 58.2. The van der Waals surface area contributed by atoms with Crippen LogP contribution in [-0.2, 0) is 22.2 Å². The maximum atomic E-state index is 6.55. The Labute approximate surface area is 274 Å². The summed E-state index contributed by atoms with van der Waals surface area (Å²) in [6, 6.07) is 5.17. The highest BCUT2D eigenvalue weighted by molar-refractivity contribution is 6.69. The van der Waals surface area contributed by atoms with Crippen molar-refractivity contribution in [2.24, 2.45) is 21.7 Å². The van der Waals surface area contributed by atoms with Gasteiger partial charge in [-0.15, -0.1) is 5.10 Å². The fourth-order valence-electron chi connectivity index (χ4n) is 4.22. The number of guanidine groups is 1. The number of aromatic nitrogens is 1. The number of hydrogen-bond donors (Lipinski definition) is 2. The van der Waals surface area contributed by atoms with Crippen molar-refractivity contribution in [2.75, 3.05) is 0 Å². The van der Waals surface area contributed by atoms with Crippen LogP contribution in [0.5, 0.6) is 0 Å². The van der Waals surface area contributed by atoms with Gasteiger partial charge in [0.25, 0.3) is 0 Å². The number of rotatable bonds is 4. The van der Waals surface area contributed by atoms with Crippen LogP contribution in [0.2, 0.25) is 0 Å². The fraction of sp³-hybridized carbons (Fsp3) is 0.440. The third-order valence-corrected chi connectivity index (χ3v) is 7.19. The molecule has 0 radical (unpaired) electrons. The summed E-state index contributed by atoms with van der Waals surface area (Å²) in [6.45, 7) is 11.9. The van der Waals surface area contributed by atoms with Crippen LogP contribution in [0.1, 0.15) is 75.2 Å². The molecule has 2 rings (SSSR count). The van der Waals surface area contributed by atoms with E-state index in [-0.39, 0.29) is 17.1 Å². The van der Waals surface area contributed by atoms with Crippen molar-refractivity contribution in [3.63, 3.8) is 0 Å². The highest BCUT2D eigenvalue weighted by Gasteiger charge is 2.42. The van der Waals surface area contributed by atoms with Gasteiger partial charge in [0.1, 0.15) is 0 Å². The van der Waals surface area contributed by atoms with Gasteiger partial charge in [0, 0.05) is 39.7 Å². The van der Waals surface area contributed by atoms with Gasteiger partial charge in [0.15, 0.2) is 0 Å². The van der Waals surface area contributed by atoms with E-state index in [0.717, 1.165) is 0 Å². The molecule has 1 heterocycles. The molecule has 0 aliphatic heterocycles. The summed E-state index contributed by atoms with van der Waals surface area (Å²) in [6.07, 6.45) is 4.80. The zero-order valence-corrected chi connectivity index (χ0v) is 28.7. The van der Waals surface area contributed by atoms with Gasteiger partial charge >= 0.3 is 0 Å². The summed E-state index contributed by atoms with van der Waals surface area (Å²) in [5.41, 5.74) is 13.0. The predicted molar refractivity (Wildman–Crippen MR) is 174 cm³/mol. The average Bonchev–Trinajstić information content (AvgIpc) is 3.10. The second-order valence-corrected chi connectivity index (χ2v) is 17.5. The molecule has 0 aliphatic rings. The highest BCUT2D eigenvalue weighted by Crippen LogP contribution is 2.54. The molecule has 5 nitrogen and oxygen atoms in total. The van der Waals surface area contributed by atoms with Crippen LogP contribution in [-0.4, -0.2) is 16.7 Å². The minimum atomic E-state index is -1.95. The first kappa shape index (κ1) is 35.0. The Morgan fingerprint density at radius 2 is 1.28 bits per heavy atom. The molecule has 0 amide bonds. The number of hydrogen-bond acceptors (Lipinski definition) is 2. The van der Waals surface area contributed by atoms with E-state index in [1.165, 1.54) is 6.21 Å². The molecule has 0 spiro atoms. The first-order valence-electron chi connectivity index (χ1n) is 11.3. The number of halogens is 9. The smallest absolute Gasteiger partial charge is 0.217 e. The van der Waals surface area contributed by atoms with Gasteiger partial charge in [0.05, 0.1) is 5.69 Å². The van der Waals surface area contributed by atoms with Crippen LogP contribution < -0.4 is 11.5 Å². The van der Waals surface area contributed by atoms with Crippen molar-refractivity contribution in [1.29, 1.82) is 0 Å². The Kier molecular flexibility index (Phi) is 10.9. The molecule has 0 fully saturated rings. The van der Waals surface area contributed by atoms with Gasteiger partial charge in [-0.25, -0.2) is 0 Å². The van der Waals surface area contributed by atoms with Crippen molar-refractivity contribution in [2.45, 2.75) is 63.8 Å². The maximum Gasteiger partial charge on any atom is 0.217 e. The second-order valence-electron chi connectivity index (χ2n) is 10.7. The standard InChI is InChI=1S/C25H28Cl9N5/c1-21(2,3)18-16(10-9-14(23(26,27)28)17(18)25(32,33)34)39-13(8-7-11-37-38-20(35)36)12-15(24(29,30)31)19(39)22(4,5)6/h7-12H,1-6H3,(H4,35,36,38)/b8-7+,37-11-. The molecule has 1 aromatic heterocycles. The third kappa shape index (κ3) is 8.65. The van der Waals surface area contributed by atoms with Gasteiger partial charge in [-0.1, -0.05) is 152 Å². The third-order valence-electron chi connectivity index (χ3n) is 5.40. The Morgan fingerprint density at radius 1 is 0.744 bits per heavy atom. The zero-order valence-electron chi connectivity index (χ0n) is 21.9. The minimum absolute atomic E-state index is 0.181. The molecule has 14 heteroatoms. The van der Waals surface area contributed by atoms with Crippen molar-refractivity contribution in [3.8, 4) is 5.69 Å². The molecule has 0 atom stereocenters. The van der Waals surface area contributed by atoms with E-state index in [1.54, 1.807) is 30.4 Å². The van der Waals surface area contributed by atoms with E-state index in [4.69, 9.17) is 116 Å². The lowest BCUT2D eigenvalue weighted by atomic mass is 9.80. The van der Waals surface area contributed by atoms with Crippen LogP contribution in [0.15, 0.2) is 34.5 Å². The van der Waals surface area contributed by atoms with Gasteiger partial charge in [-0.3, -0.25) is 0 Å². The highest BCUT2D eigenvalue weighted by atomic mass is 35.6. The Bertz CT molecular complexity index is 1290. The lowest BCUT2D eigenvalue weighted by Crippen LogP contribution is -2.27. The molecule has 0 saturated heterocycles. The Balaban J connectivity index is 3.21. The molecule has 0 bridgehead atoms. The van der Waals surface area contributed by atoms with Gasteiger partial charge in [-0.05, 0) is 35.3 Å². The summed E-state index contributed by atoms with van der Waals surface area (Å²) in [4.78, 5) is 0. The van der Waals surface area contributed by atoms with E-state index >= 15 is 0 Å². The van der Waals surface area contributed by atoms with Crippen molar-refractivity contribution >= 4 is 123 Å². The number of benzene rings is 1. The van der Waals surface area contributed by atoms with Crippen molar-refractivity contribution < 1.29 is 0 Å². The first-order valence-corrected chi connectivity index (χ1v) is 14.7. The van der Waals surface area contributed by atoms with E-state index in [0.29, 0.717) is 28.2 Å². The lowest BCUT2D eigenvalue weighted by molar-refractivity contribution is 0.540. The molecule has 0 aliphatic carbocycles. The maximum absolute atomic E-state index is 6.55. The van der Waals surface area contributed by atoms with Crippen LogP contribution >= 0.6 is 104 Å². The monoisotopic (exact) mass is 713 g/mol. The molecule has 2 aromatic rings. The molecule has 4 N–H and O–H groups in total. The summed E-state index contributed by atoms with van der Waals surface area (Å²) < 4.78 is -3.66. The molecular formula is C25H28Cl9N5. The van der Waals surface area contributed by atoms with Crippen molar-refractivity contribution in [1.82, 2.24) is 4.57 Å². The van der Waals surface area contributed by atoms with Crippen molar-refractivity contribution in [3.05, 3.63) is 57.9 Å². The van der Waals surface area contributed by atoms with Crippen LogP contribution in [0, 0.1) is 0 Å².